The van der Waals surface area contributed by atoms with Crippen LogP contribution < -0.4 is 4.74 Å². The van der Waals surface area contributed by atoms with Crippen molar-refractivity contribution in [3.8, 4) is 16.9 Å². The molecule has 0 atom stereocenters. The van der Waals surface area contributed by atoms with Crippen LogP contribution in [-0.4, -0.2) is 11.9 Å². The smallest absolute Gasteiger partial charge is 0.198 e. The van der Waals surface area contributed by atoms with E-state index in [1.807, 2.05) is 12.1 Å². The van der Waals surface area contributed by atoms with E-state index in [4.69, 9.17) is 26.5 Å². The number of hydrogen-bond donors (Lipinski definition) is 1. The van der Waals surface area contributed by atoms with E-state index in [1.54, 1.807) is 6.07 Å². The van der Waals surface area contributed by atoms with Gasteiger partial charge in [-0.25, -0.2) is 0 Å². The van der Waals surface area contributed by atoms with Gasteiger partial charge in [0.1, 0.15) is 11.3 Å². The van der Waals surface area contributed by atoms with Crippen LogP contribution in [0.2, 0.25) is 0 Å². The van der Waals surface area contributed by atoms with E-state index in [-0.39, 0.29) is 6.79 Å². The molecule has 0 radical (unpaired) electrons. The molecule has 1 N–H and O–H groups in total. The SMILES string of the molecule is CCc1ccc(-c2cc3ccc(OCO)cc3oc2=S)c(CC)c1. The van der Waals surface area contributed by atoms with Gasteiger partial charge in [-0.3, -0.25) is 0 Å². The van der Waals surface area contributed by atoms with Gasteiger partial charge in [0.05, 0.1) is 0 Å². The molecule has 1 heterocycles. The fraction of sp³-hybridized carbons (Fsp3) is 0.250. The van der Waals surface area contributed by atoms with Crippen molar-refractivity contribution < 1.29 is 14.3 Å². The molecule has 0 unspecified atom stereocenters. The molecule has 0 saturated heterocycles. The average Bonchev–Trinajstić information content (AvgIpc) is 2.61. The minimum Gasteiger partial charge on any atom is -0.468 e. The minimum atomic E-state index is -0.367. The van der Waals surface area contributed by atoms with Gasteiger partial charge in [-0.05, 0) is 59.9 Å². The summed E-state index contributed by atoms with van der Waals surface area (Å²) in [6.45, 7) is 3.94. The van der Waals surface area contributed by atoms with Gasteiger partial charge in [0.2, 0.25) is 0 Å². The number of ether oxygens (including phenoxy) is 1. The maximum Gasteiger partial charge on any atom is 0.198 e. The van der Waals surface area contributed by atoms with E-state index in [9.17, 15) is 0 Å². The highest BCUT2D eigenvalue weighted by molar-refractivity contribution is 7.71. The molecule has 0 saturated carbocycles. The quantitative estimate of drug-likeness (QED) is 0.507. The second kappa shape index (κ2) is 7.16. The standard InChI is InChI=1S/C20H20O3S/c1-3-13-5-8-17(14(4-2)9-13)18-10-15-6-7-16(22-12-21)11-19(15)23-20(18)24/h5-11,21H,3-4,12H2,1-2H3. The molecular formula is C20H20O3S. The molecule has 2 aromatic carbocycles. The summed E-state index contributed by atoms with van der Waals surface area (Å²) in [5.74, 6) is 0.553. The van der Waals surface area contributed by atoms with E-state index in [0.29, 0.717) is 16.0 Å². The first kappa shape index (κ1) is 16.7. The zero-order valence-corrected chi connectivity index (χ0v) is 14.7. The summed E-state index contributed by atoms with van der Waals surface area (Å²) >= 11 is 5.48. The molecular weight excluding hydrogens is 320 g/mol. The molecule has 3 rings (SSSR count). The van der Waals surface area contributed by atoms with Crippen molar-refractivity contribution in [2.45, 2.75) is 26.7 Å². The Morgan fingerprint density at radius 3 is 2.54 bits per heavy atom. The van der Waals surface area contributed by atoms with Crippen LogP contribution in [0.15, 0.2) is 46.9 Å². The zero-order valence-electron chi connectivity index (χ0n) is 13.8. The topological polar surface area (TPSA) is 42.6 Å². The number of hydrogen-bond acceptors (Lipinski definition) is 4. The monoisotopic (exact) mass is 340 g/mol. The molecule has 3 nitrogen and oxygen atoms in total. The highest BCUT2D eigenvalue weighted by Crippen LogP contribution is 2.31. The lowest BCUT2D eigenvalue weighted by Gasteiger charge is -2.11. The van der Waals surface area contributed by atoms with Crippen molar-refractivity contribution in [2.24, 2.45) is 0 Å². The Kier molecular flexibility index (Phi) is 4.97. The maximum absolute atomic E-state index is 8.87. The fourth-order valence-electron chi connectivity index (χ4n) is 2.87. The highest BCUT2D eigenvalue weighted by atomic mass is 32.1. The van der Waals surface area contributed by atoms with Crippen molar-refractivity contribution in [3.05, 3.63) is 58.3 Å². The third-order valence-electron chi connectivity index (χ3n) is 4.19. The van der Waals surface area contributed by atoms with Crippen LogP contribution >= 0.6 is 12.2 Å². The Morgan fingerprint density at radius 1 is 1.00 bits per heavy atom. The van der Waals surface area contributed by atoms with Gasteiger partial charge in [-0.2, -0.15) is 0 Å². The van der Waals surface area contributed by atoms with Crippen LogP contribution in [0.3, 0.4) is 0 Å². The Bertz CT molecular complexity index is 928. The van der Waals surface area contributed by atoms with Crippen molar-refractivity contribution >= 4 is 23.2 Å². The average molecular weight is 340 g/mol. The third kappa shape index (κ3) is 3.21. The molecule has 4 heteroatoms. The first-order valence-electron chi connectivity index (χ1n) is 8.10. The Morgan fingerprint density at radius 2 is 1.83 bits per heavy atom. The molecule has 24 heavy (non-hydrogen) atoms. The van der Waals surface area contributed by atoms with Gasteiger partial charge >= 0.3 is 0 Å². The predicted octanol–water partition coefficient (Wildman–Crippen LogP) is 5.28. The predicted molar refractivity (Wildman–Crippen MR) is 99.0 cm³/mol. The summed E-state index contributed by atoms with van der Waals surface area (Å²) in [5.41, 5.74) is 5.31. The number of benzene rings is 2. The molecule has 0 aliphatic rings. The molecule has 124 valence electrons. The molecule has 0 amide bonds. The number of aryl methyl sites for hydroxylation is 2. The lowest BCUT2D eigenvalue weighted by molar-refractivity contribution is 0.0986. The number of rotatable bonds is 5. The van der Waals surface area contributed by atoms with Crippen LogP contribution in [-0.2, 0) is 12.8 Å². The summed E-state index contributed by atoms with van der Waals surface area (Å²) < 4.78 is 11.4. The van der Waals surface area contributed by atoms with E-state index in [2.05, 4.69) is 38.1 Å². The molecule has 3 aromatic rings. The van der Waals surface area contributed by atoms with Crippen molar-refractivity contribution in [3.63, 3.8) is 0 Å². The second-order valence-electron chi connectivity index (χ2n) is 5.62. The first-order chi connectivity index (χ1) is 11.7. The number of aliphatic hydroxyl groups is 1. The van der Waals surface area contributed by atoms with Gasteiger partial charge < -0.3 is 14.3 Å². The molecule has 0 spiro atoms. The Hall–Kier alpha value is -2.17. The highest BCUT2D eigenvalue weighted by Gasteiger charge is 2.10. The number of aliphatic hydroxyl groups excluding tert-OH is 1. The first-order valence-corrected chi connectivity index (χ1v) is 8.50. The van der Waals surface area contributed by atoms with Crippen molar-refractivity contribution in [2.75, 3.05) is 6.79 Å². The van der Waals surface area contributed by atoms with Crippen LogP contribution in [0.1, 0.15) is 25.0 Å². The second-order valence-corrected chi connectivity index (χ2v) is 5.99. The van der Waals surface area contributed by atoms with Crippen molar-refractivity contribution in [1.29, 1.82) is 0 Å². The lowest BCUT2D eigenvalue weighted by Crippen LogP contribution is -1.94. The molecule has 1 aromatic heterocycles. The van der Waals surface area contributed by atoms with Gasteiger partial charge in [0, 0.05) is 17.0 Å². The lowest BCUT2D eigenvalue weighted by atomic mass is 9.96. The summed E-state index contributed by atoms with van der Waals surface area (Å²) in [5, 5.41) is 9.82. The third-order valence-corrected chi connectivity index (χ3v) is 4.49. The van der Waals surface area contributed by atoms with Crippen LogP contribution in [0.25, 0.3) is 22.1 Å². The van der Waals surface area contributed by atoms with Gasteiger partial charge in [-0.1, -0.05) is 32.0 Å². The summed E-state index contributed by atoms with van der Waals surface area (Å²) in [4.78, 5) is 0. The maximum atomic E-state index is 8.87. The molecule has 0 fully saturated rings. The fourth-order valence-corrected chi connectivity index (χ4v) is 3.12. The molecule has 0 aliphatic carbocycles. The van der Waals surface area contributed by atoms with E-state index >= 15 is 0 Å². The van der Waals surface area contributed by atoms with Gasteiger partial charge in [-0.15, -0.1) is 0 Å². The summed E-state index contributed by atoms with van der Waals surface area (Å²) in [6, 6.07) is 14.0. The van der Waals surface area contributed by atoms with E-state index in [0.717, 1.165) is 29.4 Å². The summed E-state index contributed by atoms with van der Waals surface area (Å²) in [7, 11) is 0. The van der Waals surface area contributed by atoms with Crippen LogP contribution in [0.5, 0.6) is 5.75 Å². The normalized spacial score (nSPS) is 11.0. The molecule has 0 aliphatic heterocycles. The van der Waals surface area contributed by atoms with Crippen molar-refractivity contribution in [1.82, 2.24) is 0 Å². The van der Waals surface area contributed by atoms with Gasteiger partial charge in [0.15, 0.2) is 11.5 Å². The zero-order chi connectivity index (χ0) is 17.1. The van der Waals surface area contributed by atoms with Crippen LogP contribution in [0.4, 0.5) is 0 Å². The Labute approximate surface area is 146 Å². The Balaban J connectivity index is 2.15. The largest absolute Gasteiger partial charge is 0.468 e. The number of fused-ring (bicyclic) bond motifs is 1. The minimum absolute atomic E-state index is 0.367. The molecule has 0 bridgehead atoms. The van der Waals surface area contributed by atoms with E-state index in [1.165, 1.54) is 11.1 Å². The summed E-state index contributed by atoms with van der Waals surface area (Å²) in [6.07, 6.45) is 1.96. The van der Waals surface area contributed by atoms with Gasteiger partial charge in [0.25, 0.3) is 0 Å². The van der Waals surface area contributed by atoms with Crippen LogP contribution in [0, 0.1) is 4.71 Å². The van der Waals surface area contributed by atoms with E-state index < -0.39 is 0 Å².